The topological polar surface area (TPSA) is 104 Å². The Kier molecular flexibility index (Phi) is 4.94. The highest BCUT2D eigenvalue weighted by molar-refractivity contribution is 8.19. The van der Waals surface area contributed by atoms with Crippen molar-refractivity contribution < 1.29 is 29.3 Å². The van der Waals surface area contributed by atoms with Crippen molar-refractivity contribution >= 4 is 40.6 Å². The number of ether oxygens (including phenoxy) is 1. The Morgan fingerprint density at radius 3 is 2.35 bits per heavy atom. The number of carbonyl (C=O) groups is 3. The summed E-state index contributed by atoms with van der Waals surface area (Å²) >= 11 is 0.821. The average Bonchev–Trinajstić information content (AvgIpc) is 2.89. The van der Waals surface area contributed by atoms with Gasteiger partial charge in [0.25, 0.3) is 11.1 Å². The zero-order chi connectivity index (χ0) is 18.7. The van der Waals surface area contributed by atoms with Crippen molar-refractivity contribution in [2.45, 2.75) is 0 Å². The molecule has 0 radical (unpaired) electrons. The number of hydrogen-bond acceptors (Lipinski definition) is 6. The van der Waals surface area contributed by atoms with E-state index in [0.29, 0.717) is 17.0 Å². The van der Waals surface area contributed by atoms with Gasteiger partial charge in [-0.3, -0.25) is 9.59 Å². The van der Waals surface area contributed by atoms with Crippen LogP contribution in [-0.2, 0) is 9.59 Å². The van der Waals surface area contributed by atoms with Gasteiger partial charge >= 0.3 is 5.97 Å². The van der Waals surface area contributed by atoms with Crippen molar-refractivity contribution in [3.05, 3.63) is 59.0 Å². The minimum absolute atomic E-state index is 0.0430. The number of thioether (sulfide) groups is 1. The summed E-state index contributed by atoms with van der Waals surface area (Å²) in [6, 6.07) is 12.3. The van der Waals surface area contributed by atoms with E-state index in [1.54, 1.807) is 30.3 Å². The number of nitrogens with zero attached hydrogens (tertiary/aromatic N) is 1. The molecule has 2 amide bonds. The lowest BCUT2D eigenvalue weighted by Gasteiger charge is -2.12. The van der Waals surface area contributed by atoms with Crippen LogP contribution in [0.4, 0.5) is 10.5 Å². The van der Waals surface area contributed by atoms with Gasteiger partial charge in [0, 0.05) is 0 Å². The maximum absolute atomic E-state index is 12.5. The molecule has 1 heterocycles. The molecular weight excluding hydrogens is 358 g/mol. The monoisotopic (exact) mass is 371 g/mol. The first-order valence-corrected chi connectivity index (χ1v) is 8.27. The second-order valence-electron chi connectivity index (χ2n) is 5.28. The first-order valence-electron chi connectivity index (χ1n) is 7.46. The summed E-state index contributed by atoms with van der Waals surface area (Å²) in [6.07, 6.45) is 1.58. The van der Waals surface area contributed by atoms with E-state index in [2.05, 4.69) is 0 Å². The van der Waals surface area contributed by atoms with Gasteiger partial charge in [0.15, 0.2) is 6.61 Å². The van der Waals surface area contributed by atoms with Crippen LogP contribution in [0.25, 0.3) is 6.08 Å². The minimum atomic E-state index is -1.07. The normalized spacial score (nSPS) is 15.5. The number of rotatable bonds is 5. The summed E-state index contributed by atoms with van der Waals surface area (Å²) in [7, 11) is 0. The third-order valence-corrected chi connectivity index (χ3v) is 4.31. The zero-order valence-electron chi connectivity index (χ0n) is 13.3. The first-order chi connectivity index (χ1) is 12.4. The molecule has 0 spiro atoms. The zero-order valence-corrected chi connectivity index (χ0v) is 14.1. The van der Waals surface area contributed by atoms with Crippen LogP contribution in [-0.4, -0.2) is 33.9 Å². The molecule has 2 N–H and O–H groups in total. The lowest BCUT2D eigenvalue weighted by molar-refractivity contribution is -0.139. The third kappa shape index (κ3) is 3.86. The molecule has 8 heteroatoms. The van der Waals surface area contributed by atoms with E-state index < -0.39 is 23.7 Å². The fourth-order valence-electron chi connectivity index (χ4n) is 2.25. The predicted molar refractivity (Wildman–Crippen MR) is 96.1 cm³/mol. The highest BCUT2D eigenvalue weighted by atomic mass is 32.2. The number of carbonyl (C=O) groups excluding carboxylic acids is 2. The Hall–Kier alpha value is -3.26. The molecule has 2 aromatic rings. The molecule has 26 heavy (non-hydrogen) atoms. The van der Waals surface area contributed by atoms with Crippen LogP contribution in [0.5, 0.6) is 11.5 Å². The van der Waals surface area contributed by atoms with E-state index in [0.717, 1.165) is 16.7 Å². The molecule has 0 saturated carbocycles. The fourth-order valence-corrected chi connectivity index (χ4v) is 3.09. The Morgan fingerprint density at radius 1 is 1.08 bits per heavy atom. The molecule has 132 valence electrons. The van der Waals surface area contributed by atoms with Crippen LogP contribution < -0.4 is 9.64 Å². The van der Waals surface area contributed by atoms with Crippen molar-refractivity contribution in [3.8, 4) is 11.5 Å². The molecule has 2 aromatic carbocycles. The number of anilines is 1. The summed E-state index contributed by atoms with van der Waals surface area (Å²) in [4.78, 5) is 36.5. The van der Waals surface area contributed by atoms with Gasteiger partial charge in [-0.25, -0.2) is 9.69 Å². The number of aliphatic carboxylic acids is 1. The van der Waals surface area contributed by atoms with E-state index in [-0.39, 0.29) is 10.7 Å². The summed E-state index contributed by atoms with van der Waals surface area (Å²) in [6.45, 7) is -0.440. The first kappa shape index (κ1) is 17.6. The largest absolute Gasteiger partial charge is 0.508 e. The number of hydrogen-bond donors (Lipinski definition) is 2. The van der Waals surface area contributed by atoms with Crippen LogP contribution in [0.15, 0.2) is 53.4 Å². The third-order valence-electron chi connectivity index (χ3n) is 3.44. The molecule has 0 atom stereocenters. The number of carboxylic acid groups (broad SMARTS) is 1. The van der Waals surface area contributed by atoms with Crippen molar-refractivity contribution in [1.29, 1.82) is 0 Å². The molecule has 0 aromatic heterocycles. The number of amides is 2. The quantitative estimate of drug-likeness (QED) is 0.778. The summed E-state index contributed by atoms with van der Waals surface area (Å²) < 4.78 is 5.04. The molecule has 1 aliphatic rings. The van der Waals surface area contributed by atoms with Crippen LogP contribution in [0.2, 0.25) is 0 Å². The highest BCUT2D eigenvalue weighted by Crippen LogP contribution is 2.36. The van der Waals surface area contributed by atoms with Crippen LogP contribution >= 0.6 is 11.8 Å². The Morgan fingerprint density at radius 2 is 1.73 bits per heavy atom. The summed E-state index contributed by atoms with van der Waals surface area (Å²) in [5.74, 6) is -1.09. The van der Waals surface area contributed by atoms with Gasteiger partial charge in [0.1, 0.15) is 11.5 Å². The van der Waals surface area contributed by atoms with Gasteiger partial charge in [0.2, 0.25) is 0 Å². The average molecular weight is 371 g/mol. The SMILES string of the molecule is O=C(O)COc1ccc(/C=C2/SC(=O)N(c3ccc(O)cc3)C2=O)cc1. The van der Waals surface area contributed by atoms with E-state index in [9.17, 15) is 19.5 Å². The van der Waals surface area contributed by atoms with E-state index in [1.807, 2.05) is 0 Å². The predicted octanol–water partition coefficient (Wildman–Crippen LogP) is 3.10. The van der Waals surface area contributed by atoms with Gasteiger partial charge in [-0.15, -0.1) is 0 Å². The molecule has 0 unspecified atom stereocenters. The van der Waals surface area contributed by atoms with E-state index in [4.69, 9.17) is 9.84 Å². The molecule has 1 fully saturated rings. The summed E-state index contributed by atoms with van der Waals surface area (Å²) in [5.41, 5.74) is 1.05. The summed E-state index contributed by atoms with van der Waals surface area (Å²) in [5, 5.41) is 17.5. The Balaban J connectivity index is 1.77. The molecule has 1 aliphatic heterocycles. The molecule has 0 bridgehead atoms. The second kappa shape index (κ2) is 7.32. The van der Waals surface area contributed by atoms with Crippen molar-refractivity contribution in [3.63, 3.8) is 0 Å². The Labute approximate surface area is 152 Å². The van der Waals surface area contributed by atoms with Crippen LogP contribution in [0.1, 0.15) is 5.56 Å². The molecule has 7 nitrogen and oxygen atoms in total. The van der Waals surface area contributed by atoms with Gasteiger partial charge in [-0.2, -0.15) is 0 Å². The smallest absolute Gasteiger partial charge is 0.341 e. The lowest BCUT2D eigenvalue weighted by Crippen LogP contribution is -2.27. The lowest BCUT2D eigenvalue weighted by atomic mass is 10.2. The van der Waals surface area contributed by atoms with Crippen molar-refractivity contribution in [2.75, 3.05) is 11.5 Å². The molecule has 3 rings (SSSR count). The second-order valence-corrected chi connectivity index (χ2v) is 6.28. The van der Waals surface area contributed by atoms with Gasteiger partial charge in [-0.1, -0.05) is 12.1 Å². The maximum Gasteiger partial charge on any atom is 0.341 e. The molecule has 1 saturated heterocycles. The highest BCUT2D eigenvalue weighted by Gasteiger charge is 2.36. The number of benzene rings is 2. The number of imide groups is 1. The van der Waals surface area contributed by atoms with E-state index >= 15 is 0 Å². The number of aromatic hydroxyl groups is 1. The number of phenols is 1. The van der Waals surface area contributed by atoms with E-state index in [1.165, 1.54) is 24.3 Å². The molecule has 0 aliphatic carbocycles. The van der Waals surface area contributed by atoms with Crippen LogP contribution in [0.3, 0.4) is 0 Å². The van der Waals surface area contributed by atoms with Crippen molar-refractivity contribution in [1.82, 2.24) is 0 Å². The minimum Gasteiger partial charge on any atom is -0.508 e. The standard InChI is InChI=1S/C18H13NO6S/c20-13-5-3-12(4-6-13)19-17(23)15(26-18(19)24)9-11-1-7-14(8-2-11)25-10-16(21)22/h1-9,20H,10H2,(H,21,22)/b15-9+. The number of carboxylic acids is 1. The van der Waals surface area contributed by atoms with Crippen molar-refractivity contribution in [2.24, 2.45) is 0 Å². The van der Waals surface area contributed by atoms with Gasteiger partial charge in [0.05, 0.1) is 10.6 Å². The maximum atomic E-state index is 12.5. The molecular formula is C18H13NO6S. The Bertz CT molecular complexity index is 889. The van der Waals surface area contributed by atoms with Gasteiger partial charge in [-0.05, 0) is 59.8 Å². The number of phenolic OH excluding ortho intramolecular Hbond substituents is 1. The van der Waals surface area contributed by atoms with Gasteiger partial charge < -0.3 is 14.9 Å². The van der Waals surface area contributed by atoms with Crippen LogP contribution in [0, 0.1) is 0 Å². The fraction of sp³-hybridized carbons (Fsp3) is 0.0556.